The van der Waals surface area contributed by atoms with Gasteiger partial charge >= 0.3 is 6.09 Å². The van der Waals surface area contributed by atoms with Gasteiger partial charge in [0.25, 0.3) is 0 Å². The number of amides is 1. The fraction of sp³-hybridized carbons (Fsp3) is 0.138. The average molecular weight is 545 g/mol. The number of halogens is 2. The first kappa shape index (κ1) is 24.3. The molecular formula is C29H22Cl2N4O3. The first-order valence-electron chi connectivity index (χ1n) is 12.1. The second-order valence-electron chi connectivity index (χ2n) is 8.99. The Morgan fingerprint density at radius 1 is 0.947 bits per heavy atom. The summed E-state index contributed by atoms with van der Waals surface area (Å²) < 4.78 is 11.7. The van der Waals surface area contributed by atoms with Crippen molar-refractivity contribution < 1.29 is 14.3 Å². The van der Waals surface area contributed by atoms with Crippen LogP contribution in [0.15, 0.2) is 79.1 Å². The molecule has 7 nitrogen and oxygen atoms in total. The largest absolute Gasteiger partial charge is 0.437 e. The van der Waals surface area contributed by atoms with Gasteiger partial charge in [0.2, 0.25) is 5.88 Å². The van der Waals surface area contributed by atoms with Crippen LogP contribution in [0.1, 0.15) is 28.6 Å². The molecule has 1 N–H and O–H groups in total. The predicted molar refractivity (Wildman–Crippen MR) is 146 cm³/mol. The number of carbonyl (C=O) groups is 1. The van der Waals surface area contributed by atoms with Crippen LogP contribution in [0.2, 0.25) is 10.0 Å². The van der Waals surface area contributed by atoms with Crippen LogP contribution in [-0.4, -0.2) is 32.5 Å². The fourth-order valence-corrected chi connectivity index (χ4v) is 5.09. The smallest absolute Gasteiger partial charge is 0.416 e. The molecule has 0 bridgehead atoms. The van der Waals surface area contributed by atoms with Crippen molar-refractivity contribution in [2.45, 2.75) is 19.4 Å². The van der Waals surface area contributed by atoms with Crippen LogP contribution >= 0.6 is 23.2 Å². The number of aromatic nitrogens is 3. The minimum atomic E-state index is -0.449. The van der Waals surface area contributed by atoms with E-state index in [2.05, 4.69) is 15.0 Å². The molecule has 0 saturated carbocycles. The summed E-state index contributed by atoms with van der Waals surface area (Å²) in [6.45, 7) is 2.31. The van der Waals surface area contributed by atoms with Crippen molar-refractivity contribution in [2.24, 2.45) is 0 Å². The molecule has 38 heavy (non-hydrogen) atoms. The van der Waals surface area contributed by atoms with Gasteiger partial charge in [-0.25, -0.2) is 9.78 Å². The van der Waals surface area contributed by atoms with Crippen LogP contribution in [0, 0.1) is 6.92 Å². The molecule has 6 rings (SSSR count). The lowest BCUT2D eigenvalue weighted by Crippen LogP contribution is -2.42. The monoisotopic (exact) mass is 544 g/mol. The Morgan fingerprint density at radius 3 is 2.42 bits per heavy atom. The van der Waals surface area contributed by atoms with Gasteiger partial charge in [-0.1, -0.05) is 35.3 Å². The minimum Gasteiger partial charge on any atom is -0.437 e. The summed E-state index contributed by atoms with van der Waals surface area (Å²) in [5.41, 5.74) is 4.63. The van der Waals surface area contributed by atoms with E-state index < -0.39 is 12.1 Å². The Morgan fingerprint density at radius 2 is 1.66 bits per heavy atom. The number of carbonyl (C=O) groups excluding carboxylic acids is 1. The number of H-pyrrole nitrogens is 1. The molecule has 5 aromatic rings. The summed E-state index contributed by atoms with van der Waals surface area (Å²) in [4.78, 5) is 27.2. The third kappa shape index (κ3) is 4.66. The third-order valence-corrected chi connectivity index (χ3v) is 7.08. The van der Waals surface area contributed by atoms with E-state index in [0.29, 0.717) is 46.1 Å². The van der Waals surface area contributed by atoms with Crippen LogP contribution in [-0.2, 0) is 6.42 Å². The highest BCUT2D eigenvalue weighted by atomic mass is 35.5. The van der Waals surface area contributed by atoms with Gasteiger partial charge in [-0.05, 0) is 79.1 Å². The summed E-state index contributed by atoms with van der Waals surface area (Å²) in [7, 11) is 0. The molecule has 3 aromatic carbocycles. The summed E-state index contributed by atoms with van der Waals surface area (Å²) >= 11 is 12.3. The zero-order chi connectivity index (χ0) is 26.2. The second-order valence-corrected chi connectivity index (χ2v) is 9.87. The highest BCUT2D eigenvalue weighted by Crippen LogP contribution is 2.40. The molecule has 1 amide bonds. The van der Waals surface area contributed by atoms with E-state index in [-0.39, 0.29) is 0 Å². The molecule has 3 heterocycles. The number of nitrogens with one attached hydrogen (secondary N) is 1. The van der Waals surface area contributed by atoms with Crippen LogP contribution in [0.5, 0.6) is 17.4 Å². The third-order valence-electron chi connectivity index (χ3n) is 6.59. The van der Waals surface area contributed by atoms with Crippen LogP contribution in [0.25, 0.3) is 10.9 Å². The lowest BCUT2D eigenvalue weighted by molar-refractivity contribution is 0.135. The lowest BCUT2D eigenvalue weighted by atomic mass is 9.92. The van der Waals surface area contributed by atoms with E-state index in [1.807, 2.05) is 49.4 Å². The predicted octanol–water partition coefficient (Wildman–Crippen LogP) is 7.51. The standard InChI is InChI=1S/C29H22Cl2N4O3/c1-17-28(33-14-13-32-17)37-21-7-2-18(3-8-21)27-26-23(24-16-20(31)6-11-25(24)34-26)12-15-35(27)29(36)38-22-9-4-19(30)5-10-22/h2-11,13-14,16,27,34H,12,15H2,1H3/t27-/m0/s1. The number of benzene rings is 3. The summed E-state index contributed by atoms with van der Waals surface area (Å²) in [6, 6.07) is 19.7. The van der Waals surface area contributed by atoms with Gasteiger partial charge in [-0.15, -0.1) is 0 Å². The maximum Gasteiger partial charge on any atom is 0.416 e. The zero-order valence-corrected chi connectivity index (χ0v) is 21.8. The SMILES string of the molecule is Cc1nccnc1Oc1ccc([C@H]2c3[nH]c4ccc(Cl)cc4c3CCN2C(=O)Oc2ccc(Cl)cc2)cc1. The molecule has 0 unspecified atom stereocenters. The van der Waals surface area contributed by atoms with Gasteiger partial charge in [0.05, 0.1) is 5.69 Å². The molecule has 1 atom stereocenters. The number of rotatable bonds is 4. The highest BCUT2D eigenvalue weighted by Gasteiger charge is 2.35. The molecular weight excluding hydrogens is 523 g/mol. The number of aromatic amines is 1. The van der Waals surface area contributed by atoms with Gasteiger partial charge in [0.1, 0.15) is 17.5 Å². The van der Waals surface area contributed by atoms with Crippen molar-refractivity contribution in [2.75, 3.05) is 6.54 Å². The van der Waals surface area contributed by atoms with Crippen molar-refractivity contribution in [3.8, 4) is 17.4 Å². The maximum atomic E-state index is 13.5. The van der Waals surface area contributed by atoms with E-state index in [1.165, 1.54) is 0 Å². The van der Waals surface area contributed by atoms with Gasteiger partial charge in [-0.3, -0.25) is 9.88 Å². The Bertz CT molecular complexity index is 1630. The molecule has 0 saturated heterocycles. The zero-order valence-electron chi connectivity index (χ0n) is 20.3. The van der Waals surface area contributed by atoms with Crippen molar-refractivity contribution >= 4 is 40.2 Å². The van der Waals surface area contributed by atoms with E-state index in [9.17, 15) is 4.79 Å². The van der Waals surface area contributed by atoms with Gasteiger partial charge in [0, 0.05) is 45.6 Å². The number of hydrogen-bond acceptors (Lipinski definition) is 5. The maximum absolute atomic E-state index is 13.5. The quantitative estimate of drug-likeness (QED) is 0.253. The van der Waals surface area contributed by atoms with E-state index in [0.717, 1.165) is 27.7 Å². The highest BCUT2D eigenvalue weighted by molar-refractivity contribution is 6.31. The van der Waals surface area contributed by atoms with Crippen molar-refractivity contribution in [3.05, 3.63) is 112 Å². The Kier molecular flexibility index (Phi) is 6.39. The fourth-order valence-electron chi connectivity index (χ4n) is 4.79. The molecule has 9 heteroatoms. The van der Waals surface area contributed by atoms with E-state index in [1.54, 1.807) is 41.6 Å². The van der Waals surface area contributed by atoms with Gasteiger partial charge < -0.3 is 14.5 Å². The lowest BCUT2D eigenvalue weighted by Gasteiger charge is -2.35. The van der Waals surface area contributed by atoms with Crippen molar-refractivity contribution in [3.63, 3.8) is 0 Å². The molecule has 2 aromatic heterocycles. The van der Waals surface area contributed by atoms with Crippen LogP contribution < -0.4 is 9.47 Å². The Hall–Kier alpha value is -4.07. The van der Waals surface area contributed by atoms with E-state index in [4.69, 9.17) is 32.7 Å². The number of fused-ring (bicyclic) bond motifs is 3. The number of aryl methyl sites for hydroxylation is 1. The topological polar surface area (TPSA) is 80.3 Å². The van der Waals surface area contributed by atoms with Crippen LogP contribution in [0.3, 0.4) is 0 Å². The molecule has 190 valence electrons. The summed E-state index contributed by atoms with van der Waals surface area (Å²) in [5.74, 6) is 1.49. The molecule has 1 aliphatic heterocycles. The number of hydrogen-bond donors (Lipinski definition) is 1. The minimum absolute atomic E-state index is 0.406. The van der Waals surface area contributed by atoms with Crippen molar-refractivity contribution in [1.82, 2.24) is 19.9 Å². The Balaban J connectivity index is 1.37. The Labute approximate surface area is 229 Å². The van der Waals surface area contributed by atoms with Gasteiger partial charge in [0.15, 0.2) is 0 Å². The summed E-state index contributed by atoms with van der Waals surface area (Å²) in [6.07, 6.45) is 3.42. The van der Waals surface area contributed by atoms with E-state index >= 15 is 0 Å². The number of ether oxygens (including phenoxy) is 2. The average Bonchev–Trinajstić information content (AvgIpc) is 3.29. The molecule has 0 aliphatic carbocycles. The van der Waals surface area contributed by atoms with Crippen molar-refractivity contribution in [1.29, 1.82) is 0 Å². The normalized spacial score (nSPS) is 14.8. The first-order valence-corrected chi connectivity index (χ1v) is 12.8. The van der Waals surface area contributed by atoms with Crippen LogP contribution in [0.4, 0.5) is 4.79 Å². The molecule has 0 radical (unpaired) electrons. The summed E-state index contributed by atoms with van der Waals surface area (Å²) in [5, 5.41) is 2.29. The van der Waals surface area contributed by atoms with Gasteiger partial charge in [-0.2, -0.15) is 0 Å². The molecule has 0 fully saturated rings. The molecule has 1 aliphatic rings. The second kappa shape index (κ2) is 10.0. The number of nitrogens with zero attached hydrogens (tertiary/aromatic N) is 3. The first-order chi connectivity index (χ1) is 18.5. The molecule has 0 spiro atoms.